The summed E-state index contributed by atoms with van der Waals surface area (Å²) in [6.07, 6.45) is 0.455. The summed E-state index contributed by atoms with van der Waals surface area (Å²) in [4.78, 5) is 28.4. The molecule has 1 fully saturated rings. The normalized spacial score (nSPS) is 14.5. The first-order valence-electron chi connectivity index (χ1n) is 9.67. The second kappa shape index (κ2) is 9.90. The van der Waals surface area contributed by atoms with Gasteiger partial charge in [0.2, 0.25) is 5.91 Å². The maximum atomic E-state index is 12.6. The first-order chi connectivity index (χ1) is 13.7. The molecule has 1 aliphatic rings. The Bertz CT molecular complexity index is 787. The average Bonchev–Trinajstić information content (AvgIpc) is 2.74. The van der Waals surface area contributed by atoms with Crippen LogP contribution in [0, 0.1) is 0 Å². The lowest BCUT2D eigenvalue weighted by molar-refractivity contribution is -0.133. The van der Waals surface area contributed by atoms with Gasteiger partial charge in [-0.05, 0) is 23.6 Å². The Labute approximate surface area is 166 Å². The van der Waals surface area contributed by atoms with Crippen LogP contribution >= 0.6 is 0 Å². The van der Waals surface area contributed by atoms with Crippen LogP contribution in [-0.2, 0) is 17.8 Å². The minimum absolute atomic E-state index is 0.147. The second-order valence-electron chi connectivity index (χ2n) is 6.89. The number of para-hydroxylation sites is 1. The van der Waals surface area contributed by atoms with Gasteiger partial charge in [-0.1, -0.05) is 48.5 Å². The smallest absolute Gasteiger partial charge is 0.410 e. The highest BCUT2D eigenvalue weighted by atomic mass is 16.6. The van der Waals surface area contributed by atoms with Crippen LogP contribution in [0.15, 0.2) is 54.6 Å². The van der Waals surface area contributed by atoms with Crippen molar-refractivity contribution >= 4 is 12.0 Å². The van der Waals surface area contributed by atoms with E-state index in [2.05, 4.69) is 34.5 Å². The molecule has 0 unspecified atom stereocenters. The molecule has 3 rings (SSSR count). The summed E-state index contributed by atoms with van der Waals surface area (Å²) in [5.74, 6) is 0.649. The van der Waals surface area contributed by atoms with Gasteiger partial charge < -0.3 is 15.0 Å². The highest BCUT2D eigenvalue weighted by Crippen LogP contribution is 2.20. The standard InChI is InChI=1S/C22H27N3O3/c1-23-22(27)28-20-10-6-5-9-19(20)11-12-21(26)25-15-13-24(14-16-25)17-18-7-3-2-4-8-18/h2-10H,11-17H2,1H3,(H,23,27). The monoisotopic (exact) mass is 381 g/mol. The number of carbonyl (C=O) groups is 2. The average molecular weight is 381 g/mol. The number of ether oxygens (including phenoxy) is 1. The van der Waals surface area contributed by atoms with Gasteiger partial charge in [0.05, 0.1) is 0 Å². The van der Waals surface area contributed by atoms with Gasteiger partial charge in [-0.3, -0.25) is 9.69 Å². The number of rotatable bonds is 6. The van der Waals surface area contributed by atoms with Crippen LogP contribution in [0.1, 0.15) is 17.5 Å². The van der Waals surface area contributed by atoms with Gasteiger partial charge in [0.15, 0.2) is 0 Å². The van der Waals surface area contributed by atoms with Crippen molar-refractivity contribution in [3.8, 4) is 5.75 Å². The number of benzene rings is 2. The van der Waals surface area contributed by atoms with Crippen LogP contribution in [0.2, 0.25) is 0 Å². The second-order valence-corrected chi connectivity index (χ2v) is 6.89. The predicted molar refractivity (Wildman–Crippen MR) is 108 cm³/mol. The third kappa shape index (κ3) is 5.57. The van der Waals surface area contributed by atoms with Crippen molar-refractivity contribution in [2.75, 3.05) is 33.2 Å². The van der Waals surface area contributed by atoms with E-state index in [1.165, 1.54) is 12.6 Å². The molecule has 0 saturated carbocycles. The van der Waals surface area contributed by atoms with Crippen molar-refractivity contribution in [1.82, 2.24) is 15.1 Å². The molecule has 0 aliphatic carbocycles. The van der Waals surface area contributed by atoms with E-state index in [-0.39, 0.29) is 5.91 Å². The lowest BCUT2D eigenvalue weighted by atomic mass is 10.1. The van der Waals surface area contributed by atoms with Crippen LogP contribution in [0.5, 0.6) is 5.75 Å². The number of hydrogen-bond donors (Lipinski definition) is 1. The van der Waals surface area contributed by atoms with E-state index in [1.807, 2.05) is 29.2 Å². The molecule has 0 aromatic heterocycles. The van der Waals surface area contributed by atoms with Crippen molar-refractivity contribution in [3.05, 3.63) is 65.7 Å². The number of nitrogens with one attached hydrogen (secondary N) is 1. The van der Waals surface area contributed by atoms with Crippen LogP contribution in [0.25, 0.3) is 0 Å². The van der Waals surface area contributed by atoms with Crippen LogP contribution in [-0.4, -0.2) is 55.0 Å². The Morgan fingerprint density at radius 1 is 0.964 bits per heavy atom. The number of hydrogen-bond acceptors (Lipinski definition) is 4. The van der Waals surface area contributed by atoms with E-state index in [1.54, 1.807) is 6.07 Å². The number of amides is 2. The van der Waals surface area contributed by atoms with E-state index in [0.29, 0.717) is 18.6 Å². The number of nitrogens with zero attached hydrogens (tertiary/aromatic N) is 2. The molecule has 6 heteroatoms. The summed E-state index contributed by atoms with van der Waals surface area (Å²) in [5, 5.41) is 2.44. The van der Waals surface area contributed by atoms with Crippen molar-refractivity contribution in [1.29, 1.82) is 0 Å². The predicted octanol–water partition coefficient (Wildman–Crippen LogP) is 2.68. The zero-order chi connectivity index (χ0) is 19.8. The summed E-state index contributed by atoms with van der Waals surface area (Å²) in [5.41, 5.74) is 2.16. The third-order valence-corrected chi connectivity index (χ3v) is 4.96. The molecule has 1 N–H and O–H groups in total. The third-order valence-electron chi connectivity index (χ3n) is 4.96. The SMILES string of the molecule is CNC(=O)Oc1ccccc1CCC(=O)N1CCN(Cc2ccccc2)CC1. The van der Waals surface area contributed by atoms with E-state index in [4.69, 9.17) is 4.74 Å². The minimum atomic E-state index is -0.506. The zero-order valence-electron chi connectivity index (χ0n) is 16.3. The molecule has 0 atom stereocenters. The first-order valence-corrected chi connectivity index (χ1v) is 9.67. The molecule has 1 aliphatic heterocycles. The first kappa shape index (κ1) is 19.9. The Morgan fingerprint density at radius 2 is 1.64 bits per heavy atom. The fourth-order valence-corrected chi connectivity index (χ4v) is 3.36. The van der Waals surface area contributed by atoms with Gasteiger partial charge in [-0.25, -0.2) is 4.79 Å². The number of aryl methyl sites for hydroxylation is 1. The van der Waals surface area contributed by atoms with E-state index < -0.39 is 6.09 Å². The molecule has 2 amide bonds. The summed E-state index contributed by atoms with van der Waals surface area (Å²) in [7, 11) is 1.52. The fraction of sp³-hybridized carbons (Fsp3) is 0.364. The van der Waals surface area contributed by atoms with Crippen molar-refractivity contribution in [2.24, 2.45) is 0 Å². The Hall–Kier alpha value is -2.86. The molecule has 1 heterocycles. The van der Waals surface area contributed by atoms with Gasteiger partial charge in [0.25, 0.3) is 0 Å². The molecule has 28 heavy (non-hydrogen) atoms. The lowest BCUT2D eigenvalue weighted by Crippen LogP contribution is -2.48. The fourth-order valence-electron chi connectivity index (χ4n) is 3.36. The highest BCUT2D eigenvalue weighted by Gasteiger charge is 2.21. The Kier molecular flexibility index (Phi) is 7.03. The molecule has 0 bridgehead atoms. The van der Waals surface area contributed by atoms with Gasteiger partial charge in [-0.2, -0.15) is 0 Å². The van der Waals surface area contributed by atoms with Gasteiger partial charge in [-0.15, -0.1) is 0 Å². The van der Waals surface area contributed by atoms with Gasteiger partial charge in [0.1, 0.15) is 5.75 Å². The van der Waals surface area contributed by atoms with Gasteiger partial charge in [0, 0.05) is 46.2 Å². The number of carbonyl (C=O) groups excluding carboxylic acids is 2. The van der Waals surface area contributed by atoms with Crippen LogP contribution in [0.3, 0.4) is 0 Å². The maximum absolute atomic E-state index is 12.6. The Balaban J connectivity index is 1.47. The maximum Gasteiger partial charge on any atom is 0.412 e. The van der Waals surface area contributed by atoms with E-state index in [0.717, 1.165) is 38.3 Å². The molecule has 2 aromatic rings. The summed E-state index contributed by atoms with van der Waals surface area (Å²) < 4.78 is 5.26. The zero-order valence-corrected chi connectivity index (χ0v) is 16.3. The van der Waals surface area contributed by atoms with E-state index >= 15 is 0 Å². The molecular formula is C22H27N3O3. The van der Waals surface area contributed by atoms with Crippen molar-refractivity contribution < 1.29 is 14.3 Å². The van der Waals surface area contributed by atoms with Crippen molar-refractivity contribution in [3.63, 3.8) is 0 Å². The highest BCUT2D eigenvalue weighted by molar-refractivity contribution is 5.77. The topological polar surface area (TPSA) is 61.9 Å². The molecule has 6 nitrogen and oxygen atoms in total. The van der Waals surface area contributed by atoms with E-state index in [9.17, 15) is 9.59 Å². The summed E-state index contributed by atoms with van der Waals surface area (Å²) >= 11 is 0. The quantitative estimate of drug-likeness (QED) is 0.836. The molecule has 0 spiro atoms. The minimum Gasteiger partial charge on any atom is -0.410 e. The summed E-state index contributed by atoms with van der Waals surface area (Å²) in [6.45, 7) is 4.20. The van der Waals surface area contributed by atoms with Gasteiger partial charge >= 0.3 is 6.09 Å². The molecule has 2 aromatic carbocycles. The molecule has 1 saturated heterocycles. The molecule has 0 radical (unpaired) electrons. The van der Waals surface area contributed by atoms with Crippen molar-refractivity contribution in [2.45, 2.75) is 19.4 Å². The molecular weight excluding hydrogens is 354 g/mol. The van der Waals surface area contributed by atoms with Crippen LogP contribution in [0.4, 0.5) is 4.79 Å². The molecule has 148 valence electrons. The largest absolute Gasteiger partial charge is 0.412 e. The number of piperazine rings is 1. The Morgan fingerprint density at radius 3 is 2.36 bits per heavy atom. The van der Waals surface area contributed by atoms with Crippen LogP contribution < -0.4 is 10.1 Å². The summed E-state index contributed by atoms with van der Waals surface area (Å²) in [6, 6.07) is 17.8. The lowest BCUT2D eigenvalue weighted by Gasteiger charge is -2.34.